The van der Waals surface area contributed by atoms with E-state index in [-0.39, 0.29) is 28.1 Å². The second-order valence-corrected chi connectivity index (χ2v) is 4.53. The summed E-state index contributed by atoms with van der Waals surface area (Å²) in [4.78, 5) is 36.4. The van der Waals surface area contributed by atoms with Gasteiger partial charge in [-0.3, -0.25) is 9.59 Å². The van der Waals surface area contributed by atoms with Crippen LogP contribution in [0, 0.1) is 0 Å². The molecule has 0 spiro atoms. The van der Waals surface area contributed by atoms with E-state index in [1.165, 1.54) is 42.5 Å². The minimum Gasteiger partial charge on any atom is -0.508 e. The number of anilines is 1. The molecule has 0 fully saturated rings. The minimum absolute atomic E-state index is 0.0214. The van der Waals surface area contributed by atoms with Crippen LogP contribution in [-0.4, -0.2) is 28.0 Å². The van der Waals surface area contributed by atoms with Crippen LogP contribution in [-0.2, 0) is 0 Å². The van der Waals surface area contributed by atoms with Gasteiger partial charge in [0.1, 0.15) is 5.75 Å². The topological polar surface area (TPSA) is 94.9 Å². The molecular formula is C15H9NO5. The molecule has 2 aromatic rings. The minimum atomic E-state index is -1.15. The van der Waals surface area contributed by atoms with Crippen molar-refractivity contribution in [2.24, 2.45) is 0 Å². The van der Waals surface area contributed by atoms with E-state index >= 15 is 0 Å². The number of benzene rings is 2. The first-order valence-electron chi connectivity index (χ1n) is 6.04. The van der Waals surface area contributed by atoms with Gasteiger partial charge in [0, 0.05) is 0 Å². The lowest BCUT2D eigenvalue weighted by Gasteiger charge is -2.14. The molecule has 6 nitrogen and oxygen atoms in total. The Balaban J connectivity index is 2.10. The number of carboxylic acids is 1. The molecule has 0 saturated carbocycles. The number of carbonyl (C=O) groups is 3. The zero-order valence-corrected chi connectivity index (χ0v) is 10.6. The first kappa shape index (κ1) is 12.9. The summed E-state index contributed by atoms with van der Waals surface area (Å²) in [6.45, 7) is 0. The van der Waals surface area contributed by atoms with Crippen LogP contribution in [0.4, 0.5) is 5.69 Å². The van der Waals surface area contributed by atoms with Gasteiger partial charge in [0.2, 0.25) is 0 Å². The highest BCUT2D eigenvalue weighted by molar-refractivity contribution is 6.34. The van der Waals surface area contributed by atoms with Crippen LogP contribution in [0.15, 0.2) is 42.5 Å². The molecule has 1 heterocycles. The predicted octanol–water partition coefficient (Wildman–Crippen LogP) is 1.89. The number of carbonyl (C=O) groups excluding carboxylic acids is 2. The Bertz CT molecular complexity index is 796. The maximum Gasteiger partial charge on any atom is 0.335 e. The van der Waals surface area contributed by atoms with E-state index in [0.717, 1.165) is 4.90 Å². The number of amides is 2. The second kappa shape index (κ2) is 4.45. The maximum absolute atomic E-state index is 12.3. The lowest BCUT2D eigenvalue weighted by Crippen LogP contribution is -2.29. The number of hydrogen-bond donors (Lipinski definition) is 2. The number of carboxylic acid groups (broad SMARTS) is 1. The third-order valence-electron chi connectivity index (χ3n) is 3.22. The van der Waals surface area contributed by atoms with Gasteiger partial charge in [-0.2, -0.15) is 0 Å². The van der Waals surface area contributed by atoms with Gasteiger partial charge in [-0.15, -0.1) is 0 Å². The summed E-state index contributed by atoms with van der Waals surface area (Å²) < 4.78 is 0. The van der Waals surface area contributed by atoms with Gasteiger partial charge in [-0.05, 0) is 36.4 Å². The molecule has 0 bridgehead atoms. The average Bonchev–Trinajstić information content (AvgIpc) is 2.70. The van der Waals surface area contributed by atoms with Gasteiger partial charge in [0.05, 0.1) is 22.4 Å². The Hall–Kier alpha value is -3.15. The predicted molar refractivity (Wildman–Crippen MR) is 72.6 cm³/mol. The molecule has 21 heavy (non-hydrogen) atoms. The SMILES string of the molecule is O=C(O)c1cccc(N2C(=O)c3ccc(O)cc3C2=O)c1. The summed E-state index contributed by atoms with van der Waals surface area (Å²) in [6, 6.07) is 9.47. The van der Waals surface area contributed by atoms with E-state index in [4.69, 9.17) is 5.11 Å². The molecule has 2 aromatic carbocycles. The lowest BCUT2D eigenvalue weighted by molar-refractivity contribution is 0.0695. The van der Waals surface area contributed by atoms with Crippen molar-refractivity contribution in [1.29, 1.82) is 0 Å². The van der Waals surface area contributed by atoms with Crippen molar-refractivity contribution in [3.05, 3.63) is 59.2 Å². The van der Waals surface area contributed by atoms with Crippen molar-refractivity contribution >= 4 is 23.5 Å². The summed E-state index contributed by atoms with van der Waals surface area (Å²) in [7, 11) is 0. The third kappa shape index (κ3) is 1.93. The number of aromatic hydroxyl groups is 1. The van der Waals surface area contributed by atoms with Crippen LogP contribution in [0.3, 0.4) is 0 Å². The van der Waals surface area contributed by atoms with Crippen LogP contribution in [0.1, 0.15) is 31.1 Å². The molecule has 2 amide bonds. The summed E-state index contributed by atoms with van der Waals surface area (Å²) in [5.41, 5.74) is 0.437. The van der Waals surface area contributed by atoms with E-state index < -0.39 is 17.8 Å². The van der Waals surface area contributed by atoms with Crippen LogP contribution >= 0.6 is 0 Å². The Morgan fingerprint density at radius 1 is 0.952 bits per heavy atom. The number of fused-ring (bicyclic) bond motifs is 1. The van der Waals surface area contributed by atoms with Crippen molar-refractivity contribution in [3.8, 4) is 5.75 Å². The number of imide groups is 1. The number of phenols is 1. The molecule has 0 saturated heterocycles. The Morgan fingerprint density at radius 3 is 2.38 bits per heavy atom. The van der Waals surface area contributed by atoms with Crippen molar-refractivity contribution in [3.63, 3.8) is 0 Å². The average molecular weight is 283 g/mol. The number of rotatable bonds is 2. The zero-order valence-electron chi connectivity index (χ0n) is 10.6. The lowest BCUT2D eigenvalue weighted by atomic mass is 10.1. The normalized spacial score (nSPS) is 13.4. The molecule has 0 atom stereocenters. The summed E-state index contributed by atoms with van der Waals surface area (Å²) in [5.74, 6) is -2.40. The number of nitrogens with zero attached hydrogens (tertiary/aromatic N) is 1. The highest BCUT2D eigenvalue weighted by Gasteiger charge is 2.37. The first-order chi connectivity index (χ1) is 9.99. The Labute approximate surface area is 118 Å². The quantitative estimate of drug-likeness (QED) is 0.821. The number of aromatic carboxylic acids is 1. The fraction of sp³-hybridized carbons (Fsp3) is 0. The Kier molecular flexibility index (Phi) is 2.72. The molecule has 0 aromatic heterocycles. The number of phenolic OH excluding ortho intramolecular Hbond substituents is 1. The van der Waals surface area contributed by atoms with E-state index in [0.29, 0.717) is 0 Å². The van der Waals surface area contributed by atoms with Crippen molar-refractivity contribution < 1.29 is 24.6 Å². The molecule has 0 unspecified atom stereocenters. The van der Waals surface area contributed by atoms with Crippen LogP contribution < -0.4 is 4.90 Å². The smallest absolute Gasteiger partial charge is 0.335 e. The molecule has 2 N–H and O–H groups in total. The first-order valence-corrected chi connectivity index (χ1v) is 6.04. The Morgan fingerprint density at radius 2 is 1.67 bits per heavy atom. The number of hydrogen-bond acceptors (Lipinski definition) is 4. The summed E-state index contributed by atoms with van der Waals surface area (Å²) in [6.07, 6.45) is 0. The fourth-order valence-corrected chi connectivity index (χ4v) is 2.24. The molecule has 1 aliphatic heterocycles. The summed E-state index contributed by atoms with van der Waals surface area (Å²) in [5, 5.41) is 18.4. The van der Waals surface area contributed by atoms with Crippen LogP contribution in [0.2, 0.25) is 0 Å². The van der Waals surface area contributed by atoms with Crippen molar-refractivity contribution in [2.45, 2.75) is 0 Å². The molecule has 1 aliphatic rings. The van der Waals surface area contributed by atoms with E-state index in [1.807, 2.05) is 0 Å². The van der Waals surface area contributed by atoms with Crippen molar-refractivity contribution in [2.75, 3.05) is 4.90 Å². The highest BCUT2D eigenvalue weighted by atomic mass is 16.4. The fourth-order valence-electron chi connectivity index (χ4n) is 2.24. The van der Waals surface area contributed by atoms with Gasteiger partial charge >= 0.3 is 5.97 Å². The van der Waals surface area contributed by atoms with Gasteiger partial charge in [-0.1, -0.05) is 6.07 Å². The molecular weight excluding hydrogens is 274 g/mol. The molecule has 0 radical (unpaired) electrons. The second-order valence-electron chi connectivity index (χ2n) is 4.53. The van der Waals surface area contributed by atoms with E-state index in [2.05, 4.69) is 0 Å². The highest BCUT2D eigenvalue weighted by Crippen LogP contribution is 2.30. The van der Waals surface area contributed by atoms with Crippen molar-refractivity contribution in [1.82, 2.24) is 0 Å². The van der Waals surface area contributed by atoms with Crippen LogP contribution in [0.5, 0.6) is 5.75 Å². The largest absolute Gasteiger partial charge is 0.508 e. The van der Waals surface area contributed by atoms with Gasteiger partial charge < -0.3 is 10.2 Å². The maximum atomic E-state index is 12.3. The van der Waals surface area contributed by atoms with E-state index in [1.54, 1.807) is 0 Å². The van der Waals surface area contributed by atoms with E-state index in [9.17, 15) is 19.5 Å². The van der Waals surface area contributed by atoms with Gasteiger partial charge in [0.25, 0.3) is 11.8 Å². The molecule has 104 valence electrons. The van der Waals surface area contributed by atoms with Gasteiger partial charge in [0.15, 0.2) is 0 Å². The summed E-state index contributed by atoms with van der Waals surface area (Å²) >= 11 is 0. The van der Waals surface area contributed by atoms with Crippen LogP contribution in [0.25, 0.3) is 0 Å². The third-order valence-corrected chi connectivity index (χ3v) is 3.22. The molecule has 3 rings (SSSR count). The monoisotopic (exact) mass is 283 g/mol. The standard InChI is InChI=1S/C15H9NO5/c17-10-4-5-11-12(7-10)14(19)16(13(11)18)9-3-1-2-8(6-9)15(20)21/h1-7,17H,(H,20,21). The zero-order chi connectivity index (χ0) is 15.1. The van der Waals surface area contributed by atoms with Gasteiger partial charge in [-0.25, -0.2) is 9.69 Å². The molecule has 6 heteroatoms. The molecule has 0 aliphatic carbocycles.